The molecule has 0 radical (unpaired) electrons. The molecule has 3 rings (SSSR count). The molecule has 28 heavy (non-hydrogen) atoms. The SMILES string of the molecule is COC(=O)[C@H](Cc1ccccc1)NC(=O)Cn1cnc2sc(C)c(C)c2c1=O. The largest absolute Gasteiger partial charge is 0.467 e. The molecule has 1 atom stereocenters. The number of amides is 1. The van der Waals surface area contributed by atoms with Crippen LogP contribution in [0.1, 0.15) is 16.0 Å². The van der Waals surface area contributed by atoms with Crippen molar-refractivity contribution in [2.75, 3.05) is 7.11 Å². The second-order valence-electron chi connectivity index (χ2n) is 6.47. The summed E-state index contributed by atoms with van der Waals surface area (Å²) in [5.74, 6) is -0.999. The molecule has 0 saturated carbocycles. The summed E-state index contributed by atoms with van der Waals surface area (Å²) < 4.78 is 6.06. The molecule has 0 spiro atoms. The van der Waals surface area contributed by atoms with Crippen molar-refractivity contribution in [3.8, 4) is 0 Å². The molecule has 0 aliphatic heterocycles. The van der Waals surface area contributed by atoms with Gasteiger partial charge < -0.3 is 10.1 Å². The first-order chi connectivity index (χ1) is 13.4. The van der Waals surface area contributed by atoms with Gasteiger partial charge in [-0.1, -0.05) is 30.3 Å². The minimum atomic E-state index is -0.836. The smallest absolute Gasteiger partial charge is 0.328 e. The second-order valence-corrected chi connectivity index (χ2v) is 7.68. The molecule has 1 N–H and O–H groups in total. The highest BCUT2D eigenvalue weighted by molar-refractivity contribution is 7.18. The summed E-state index contributed by atoms with van der Waals surface area (Å²) in [7, 11) is 1.27. The average Bonchev–Trinajstić information content (AvgIpc) is 2.98. The number of rotatable bonds is 6. The number of carbonyl (C=O) groups excluding carboxylic acids is 2. The van der Waals surface area contributed by atoms with Crippen LogP contribution in [0.4, 0.5) is 0 Å². The van der Waals surface area contributed by atoms with Crippen LogP contribution in [0.2, 0.25) is 0 Å². The minimum Gasteiger partial charge on any atom is -0.467 e. The molecule has 2 heterocycles. The molecule has 0 aliphatic carbocycles. The molecule has 0 unspecified atom stereocenters. The zero-order chi connectivity index (χ0) is 20.3. The molecule has 0 saturated heterocycles. The Morgan fingerprint density at radius 1 is 1.25 bits per heavy atom. The number of nitrogens with zero attached hydrogens (tertiary/aromatic N) is 2. The Bertz CT molecular complexity index is 1070. The standard InChI is InChI=1S/C20H21N3O4S/c1-12-13(2)28-18-17(12)19(25)23(11-21-18)10-16(24)22-15(20(26)27-3)9-14-7-5-4-6-8-14/h4-8,11,15H,9-10H2,1-3H3,(H,22,24)/t15-/m0/s1. The van der Waals surface area contributed by atoms with E-state index in [1.165, 1.54) is 29.3 Å². The van der Waals surface area contributed by atoms with Gasteiger partial charge in [0.15, 0.2) is 0 Å². The number of esters is 1. The predicted octanol–water partition coefficient (Wildman–Crippen LogP) is 1.98. The van der Waals surface area contributed by atoms with Gasteiger partial charge in [0.05, 0.1) is 18.8 Å². The average molecular weight is 399 g/mol. The van der Waals surface area contributed by atoms with E-state index in [0.717, 1.165) is 16.0 Å². The number of thiophene rings is 1. The molecule has 0 bridgehead atoms. The van der Waals surface area contributed by atoms with Gasteiger partial charge in [0.25, 0.3) is 5.56 Å². The fourth-order valence-electron chi connectivity index (χ4n) is 2.96. The highest BCUT2D eigenvalue weighted by Gasteiger charge is 2.22. The third-order valence-corrected chi connectivity index (χ3v) is 5.69. The number of hydrogen-bond donors (Lipinski definition) is 1. The summed E-state index contributed by atoms with van der Waals surface area (Å²) in [6.07, 6.45) is 1.66. The molecule has 8 heteroatoms. The van der Waals surface area contributed by atoms with Crippen molar-refractivity contribution in [3.63, 3.8) is 0 Å². The van der Waals surface area contributed by atoms with Gasteiger partial charge in [0.2, 0.25) is 5.91 Å². The number of aryl methyl sites for hydroxylation is 2. The van der Waals surface area contributed by atoms with E-state index >= 15 is 0 Å². The summed E-state index contributed by atoms with van der Waals surface area (Å²) in [5, 5.41) is 3.20. The van der Waals surface area contributed by atoms with E-state index in [1.807, 2.05) is 44.2 Å². The summed E-state index contributed by atoms with van der Waals surface area (Å²) in [5.41, 5.74) is 1.51. The molecule has 146 valence electrons. The Morgan fingerprint density at radius 3 is 2.64 bits per heavy atom. The Balaban J connectivity index is 1.78. The highest BCUT2D eigenvalue weighted by atomic mass is 32.1. The number of methoxy groups -OCH3 is 1. The molecular weight excluding hydrogens is 378 g/mol. The summed E-state index contributed by atoms with van der Waals surface area (Å²) >= 11 is 1.45. The van der Waals surface area contributed by atoms with Crippen molar-refractivity contribution in [2.45, 2.75) is 32.9 Å². The molecular formula is C20H21N3O4S. The monoisotopic (exact) mass is 399 g/mol. The van der Waals surface area contributed by atoms with Crippen molar-refractivity contribution < 1.29 is 14.3 Å². The van der Waals surface area contributed by atoms with Gasteiger partial charge in [0.1, 0.15) is 17.4 Å². The van der Waals surface area contributed by atoms with Crippen LogP contribution >= 0.6 is 11.3 Å². The lowest BCUT2D eigenvalue weighted by Crippen LogP contribution is -2.45. The number of aromatic nitrogens is 2. The van der Waals surface area contributed by atoms with E-state index in [1.54, 1.807) is 0 Å². The van der Waals surface area contributed by atoms with Crippen molar-refractivity contribution in [1.82, 2.24) is 14.9 Å². The number of carbonyl (C=O) groups is 2. The number of hydrogen-bond acceptors (Lipinski definition) is 6. The van der Waals surface area contributed by atoms with Crippen molar-refractivity contribution in [2.24, 2.45) is 0 Å². The van der Waals surface area contributed by atoms with Crippen LogP contribution in [0.5, 0.6) is 0 Å². The third-order valence-electron chi connectivity index (χ3n) is 4.57. The van der Waals surface area contributed by atoms with E-state index in [9.17, 15) is 14.4 Å². The lowest BCUT2D eigenvalue weighted by atomic mass is 10.1. The van der Waals surface area contributed by atoms with E-state index < -0.39 is 17.9 Å². The van der Waals surface area contributed by atoms with Gasteiger partial charge in [-0.15, -0.1) is 11.3 Å². The third kappa shape index (κ3) is 4.12. The number of nitrogens with one attached hydrogen (secondary N) is 1. The number of ether oxygens (including phenoxy) is 1. The first-order valence-electron chi connectivity index (χ1n) is 8.77. The van der Waals surface area contributed by atoms with E-state index in [4.69, 9.17) is 4.74 Å². The molecule has 3 aromatic rings. The van der Waals surface area contributed by atoms with Crippen molar-refractivity contribution in [1.29, 1.82) is 0 Å². The van der Waals surface area contributed by atoms with Gasteiger partial charge >= 0.3 is 5.97 Å². The van der Waals surface area contributed by atoms with Crippen molar-refractivity contribution in [3.05, 3.63) is 63.0 Å². The molecule has 0 fully saturated rings. The van der Waals surface area contributed by atoms with Crippen LogP contribution in [0, 0.1) is 13.8 Å². The Hall–Kier alpha value is -3.00. The topological polar surface area (TPSA) is 90.3 Å². The lowest BCUT2D eigenvalue weighted by molar-refractivity contribution is -0.145. The van der Waals surface area contributed by atoms with Gasteiger partial charge in [0, 0.05) is 11.3 Å². The zero-order valence-corrected chi connectivity index (χ0v) is 16.7. The van der Waals surface area contributed by atoms with Gasteiger partial charge in [-0.3, -0.25) is 14.2 Å². The fourth-order valence-corrected chi connectivity index (χ4v) is 3.95. The van der Waals surface area contributed by atoms with Gasteiger partial charge in [-0.25, -0.2) is 9.78 Å². The van der Waals surface area contributed by atoms with Crippen LogP contribution in [-0.2, 0) is 27.3 Å². The van der Waals surface area contributed by atoms with Crippen LogP contribution in [-0.4, -0.2) is 34.6 Å². The van der Waals surface area contributed by atoms with E-state index in [-0.39, 0.29) is 12.1 Å². The predicted molar refractivity (Wildman–Crippen MR) is 107 cm³/mol. The summed E-state index contributed by atoms with van der Waals surface area (Å²) in [6.45, 7) is 3.58. The maximum atomic E-state index is 12.7. The lowest BCUT2D eigenvalue weighted by Gasteiger charge is -2.17. The zero-order valence-electron chi connectivity index (χ0n) is 15.9. The molecule has 0 aliphatic rings. The van der Waals surface area contributed by atoms with Crippen LogP contribution in [0.25, 0.3) is 10.2 Å². The minimum absolute atomic E-state index is 0.224. The van der Waals surface area contributed by atoms with Crippen LogP contribution in [0.15, 0.2) is 41.5 Å². The first-order valence-corrected chi connectivity index (χ1v) is 9.58. The molecule has 1 aromatic carbocycles. The van der Waals surface area contributed by atoms with Crippen molar-refractivity contribution >= 4 is 33.4 Å². The van der Waals surface area contributed by atoms with Crippen LogP contribution in [0.3, 0.4) is 0 Å². The summed E-state index contributed by atoms with van der Waals surface area (Å²) in [6, 6.07) is 8.49. The van der Waals surface area contributed by atoms with Crippen LogP contribution < -0.4 is 10.9 Å². The fraction of sp³-hybridized carbons (Fsp3) is 0.300. The summed E-state index contributed by atoms with van der Waals surface area (Å²) in [4.78, 5) is 43.3. The highest BCUT2D eigenvalue weighted by Crippen LogP contribution is 2.25. The molecule has 1 amide bonds. The Morgan fingerprint density at radius 2 is 1.96 bits per heavy atom. The molecule has 2 aromatic heterocycles. The maximum Gasteiger partial charge on any atom is 0.328 e. The normalized spacial score (nSPS) is 12.0. The Labute approximate surface area is 166 Å². The van der Waals surface area contributed by atoms with Gasteiger partial charge in [-0.2, -0.15) is 0 Å². The second kappa shape index (κ2) is 8.35. The van der Waals surface area contributed by atoms with E-state index in [0.29, 0.717) is 16.6 Å². The number of benzene rings is 1. The Kier molecular flexibility index (Phi) is 5.89. The molecule has 7 nitrogen and oxygen atoms in total. The van der Waals surface area contributed by atoms with E-state index in [2.05, 4.69) is 10.3 Å². The maximum absolute atomic E-state index is 12.7. The quantitative estimate of drug-likeness (QED) is 0.640. The van der Waals surface area contributed by atoms with Gasteiger partial charge in [-0.05, 0) is 25.0 Å². The first kappa shape index (κ1) is 19.8. The number of fused-ring (bicyclic) bond motifs is 1.